The molecule has 0 atom stereocenters. The standard InChI is InChI=1S/C17H19N5O8/c1-30-14(25)10-7-11(22(28)29)13(24)20(8-10)9-12(23)19-21-15(26)17(18-16(21)27)5-3-2-4-6-17/h7-8H,2-6,9H2,1H3,(H,18,27)(H,19,23). The van der Waals surface area contributed by atoms with E-state index >= 15 is 0 Å². The van der Waals surface area contributed by atoms with Crippen LogP contribution in [0.5, 0.6) is 0 Å². The average molecular weight is 421 g/mol. The number of rotatable bonds is 5. The molecule has 2 fully saturated rings. The Bertz CT molecular complexity index is 994. The molecule has 4 amide bonds. The molecule has 0 unspecified atom stereocenters. The van der Waals surface area contributed by atoms with Gasteiger partial charge in [0.1, 0.15) is 12.1 Å². The number of ether oxygens (including phenoxy) is 1. The lowest BCUT2D eigenvalue weighted by molar-refractivity contribution is -0.386. The SMILES string of the molecule is COC(=O)c1cc([N+](=O)[O-])c(=O)n(CC(=O)NN2C(=O)NC3(CCCCC3)C2=O)c1. The predicted octanol–water partition coefficient (Wildman–Crippen LogP) is -0.171. The van der Waals surface area contributed by atoms with Gasteiger partial charge >= 0.3 is 23.2 Å². The van der Waals surface area contributed by atoms with E-state index in [0.717, 1.165) is 38.6 Å². The van der Waals surface area contributed by atoms with Crippen LogP contribution in [-0.4, -0.2) is 51.0 Å². The van der Waals surface area contributed by atoms with Crippen molar-refractivity contribution in [1.82, 2.24) is 20.3 Å². The minimum Gasteiger partial charge on any atom is -0.465 e. The Morgan fingerprint density at radius 3 is 2.53 bits per heavy atom. The first kappa shape index (κ1) is 21.0. The van der Waals surface area contributed by atoms with Crippen LogP contribution < -0.4 is 16.3 Å². The molecule has 0 radical (unpaired) electrons. The molecule has 0 aromatic carbocycles. The van der Waals surface area contributed by atoms with Crippen LogP contribution in [0.25, 0.3) is 0 Å². The molecule has 13 heteroatoms. The Balaban J connectivity index is 1.81. The molecule has 2 N–H and O–H groups in total. The van der Waals surface area contributed by atoms with Crippen LogP contribution in [0.15, 0.2) is 17.1 Å². The van der Waals surface area contributed by atoms with Crippen molar-refractivity contribution in [3.05, 3.63) is 38.3 Å². The third kappa shape index (κ3) is 3.73. The summed E-state index contributed by atoms with van der Waals surface area (Å²) in [5.74, 6) is -2.49. The summed E-state index contributed by atoms with van der Waals surface area (Å²) in [5.41, 5.74) is -1.30. The van der Waals surface area contributed by atoms with Gasteiger partial charge in [0.25, 0.3) is 11.8 Å². The Morgan fingerprint density at radius 1 is 1.27 bits per heavy atom. The first-order chi connectivity index (χ1) is 14.2. The average Bonchev–Trinajstić information content (AvgIpc) is 2.93. The predicted molar refractivity (Wildman–Crippen MR) is 98.0 cm³/mol. The molecule has 30 heavy (non-hydrogen) atoms. The van der Waals surface area contributed by atoms with Gasteiger partial charge in [-0.05, 0) is 12.8 Å². The largest absolute Gasteiger partial charge is 0.465 e. The van der Waals surface area contributed by atoms with Crippen molar-refractivity contribution in [3.63, 3.8) is 0 Å². The highest BCUT2D eigenvalue weighted by atomic mass is 16.6. The molecule has 2 heterocycles. The summed E-state index contributed by atoms with van der Waals surface area (Å²) in [4.78, 5) is 71.3. The van der Waals surface area contributed by atoms with Gasteiger partial charge in [-0.1, -0.05) is 19.3 Å². The maximum Gasteiger partial charge on any atom is 0.344 e. The van der Waals surface area contributed by atoms with E-state index in [1.165, 1.54) is 0 Å². The van der Waals surface area contributed by atoms with Gasteiger partial charge in [-0.25, -0.2) is 9.59 Å². The second-order valence-electron chi connectivity index (χ2n) is 7.04. The molecule has 1 spiro atoms. The number of imide groups is 1. The van der Waals surface area contributed by atoms with Crippen molar-refractivity contribution in [3.8, 4) is 0 Å². The summed E-state index contributed by atoms with van der Waals surface area (Å²) in [5, 5.41) is 14.3. The van der Waals surface area contributed by atoms with E-state index in [1.807, 2.05) is 0 Å². The van der Waals surface area contributed by atoms with E-state index < -0.39 is 52.1 Å². The lowest BCUT2D eigenvalue weighted by atomic mass is 9.82. The molecule has 1 aromatic heterocycles. The van der Waals surface area contributed by atoms with Crippen LogP contribution in [0.3, 0.4) is 0 Å². The summed E-state index contributed by atoms with van der Waals surface area (Å²) in [6.07, 6.45) is 4.29. The van der Waals surface area contributed by atoms with Gasteiger partial charge in [-0.2, -0.15) is 5.01 Å². The van der Waals surface area contributed by atoms with E-state index in [4.69, 9.17) is 0 Å². The highest BCUT2D eigenvalue weighted by molar-refractivity contribution is 6.08. The maximum absolute atomic E-state index is 12.7. The van der Waals surface area contributed by atoms with Crippen LogP contribution in [0.2, 0.25) is 0 Å². The normalized spacial score (nSPS) is 17.6. The van der Waals surface area contributed by atoms with Crippen molar-refractivity contribution in [1.29, 1.82) is 0 Å². The molecule has 13 nitrogen and oxygen atoms in total. The summed E-state index contributed by atoms with van der Waals surface area (Å²) >= 11 is 0. The summed E-state index contributed by atoms with van der Waals surface area (Å²) in [6, 6.07) is -0.0516. The highest BCUT2D eigenvalue weighted by Gasteiger charge is 2.52. The number of methoxy groups -OCH3 is 1. The van der Waals surface area contributed by atoms with Gasteiger partial charge in [0.15, 0.2) is 0 Å². The smallest absolute Gasteiger partial charge is 0.344 e. The number of nitro groups is 1. The van der Waals surface area contributed by atoms with Crippen molar-refractivity contribution in [2.45, 2.75) is 44.2 Å². The molecule has 1 aromatic rings. The van der Waals surface area contributed by atoms with Gasteiger partial charge in [-0.3, -0.25) is 34.5 Å². The summed E-state index contributed by atoms with van der Waals surface area (Å²) < 4.78 is 5.12. The molecular weight excluding hydrogens is 402 g/mol. The number of hydrogen-bond acceptors (Lipinski definition) is 8. The number of pyridine rings is 1. The number of carbonyl (C=O) groups excluding carboxylic acids is 4. The molecule has 1 aliphatic heterocycles. The first-order valence-corrected chi connectivity index (χ1v) is 9.12. The fourth-order valence-corrected chi connectivity index (χ4v) is 3.63. The summed E-state index contributed by atoms with van der Waals surface area (Å²) in [6.45, 7) is -0.769. The third-order valence-electron chi connectivity index (χ3n) is 5.10. The Hall–Kier alpha value is -3.77. The van der Waals surface area contributed by atoms with E-state index in [1.54, 1.807) is 0 Å². The van der Waals surface area contributed by atoms with Gasteiger partial charge in [0.05, 0.1) is 17.6 Å². The molecular formula is C17H19N5O8. The van der Waals surface area contributed by atoms with Crippen molar-refractivity contribution in [2.75, 3.05) is 7.11 Å². The maximum atomic E-state index is 12.7. The molecule has 1 aliphatic carbocycles. The number of carbonyl (C=O) groups is 4. The molecule has 3 rings (SSSR count). The topological polar surface area (TPSA) is 170 Å². The highest BCUT2D eigenvalue weighted by Crippen LogP contribution is 2.32. The zero-order valence-electron chi connectivity index (χ0n) is 16.0. The number of nitrogens with one attached hydrogen (secondary N) is 2. The van der Waals surface area contributed by atoms with Gasteiger partial charge in [0, 0.05) is 12.3 Å². The summed E-state index contributed by atoms with van der Waals surface area (Å²) in [7, 11) is 1.05. The Morgan fingerprint density at radius 2 is 1.93 bits per heavy atom. The molecule has 160 valence electrons. The van der Waals surface area contributed by atoms with E-state index in [-0.39, 0.29) is 5.56 Å². The Labute approximate surface area is 169 Å². The second-order valence-corrected chi connectivity index (χ2v) is 7.04. The monoisotopic (exact) mass is 421 g/mol. The molecule has 0 bridgehead atoms. The van der Waals surface area contributed by atoms with E-state index in [2.05, 4.69) is 15.5 Å². The molecule has 2 aliphatic rings. The van der Waals surface area contributed by atoms with Crippen molar-refractivity contribution in [2.24, 2.45) is 0 Å². The molecule has 1 saturated carbocycles. The van der Waals surface area contributed by atoms with Crippen molar-refractivity contribution >= 4 is 29.5 Å². The van der Waals surface area contributed by atoms with Crippen LogP contribution in [-0.2, 0) is 20.9 Å². The quantitative estimate of drug-likeness (QED) is 0.286. The number of amides is 4. The van der Waals surface area contributed by atoms with E-state index in [0.29, 0.717) is 22.4 Å². The van der Waals surface area contributed by atoms with Crippen LogP contribution >= 0.6 is 0 Å². The lowest BCUT2D eigenvalue weighted by Crippen LogP contribution is -2.51. The molecule has 1 saturated heterocycles. The number of esters is 1. The lowest BCUT2D eigenvalue weighted by Gasteiger charge is -2.30. The van der Waals surface area contributed by atoms with Gasteiger partial charge < -0.3 is 10.1 Å². The minimum absolute atomic E-state index is 0.312. The number of hydrogen-bond donors (Lipinski definition) is 2. The number of nitrogens with zero attached hydrogens (tertiary/aromatic N) is 3. The number of urea groups is 1. The van der Waals surface area contributed by atoms with Crippen molar-refractivity contribution < 1.29 is 28.8 Å². The van der Waals surface area contributed by atoms with Crippen LogP contribution in [0, 0.1) is 10.1 Å². The van der Waals surface area contributed by atoms with E-state index in [9.17, 15) is 34.1 Å². The van der Waals surface area contributed by atoms with Gasteiger partial charge in [0.2, 0.25) is 0 Å². The zero-order chi connectivity index (χ0) is 22.1. The zero-order valence-corrected chi connectivity index (χ0v) is 16.0. The first-order valence-electron chi connectivity index (χ1n) is 9.12. The van der Waals surface area contributed by atoms with Crippen LogP contribution in [0.1, 0.15) is 42.5 Å². The minimum atomic E-state index is -1.14. The second kappa shape index (κ2) is 7.93. The number of hydrazine groups is 1. The van der Waals surface area contributed by atoms with Crippen LogP contribution in [0.4, 0.5) is 10.5 Å². The third-order valence-corrected chi connectivity index (χ3v) is 5.10. The van der Waals surface area contributed by atoms with Gasteiger partial charge in [-0.15, -0.1) is 0 Å². The fraction of sp³-hybridized carbons (Fsp3) is 0.471. The number of aromatic nitrogens is 1. The fourth-order valence-electron chi connectivity index (χ4n) is 3.63. The Kier molecular flexibility index (Phi) is 5.54.